The molecule has 0 heterocycles. The zero-order valence-corrected chi connectivity index (χ0v) is 14.0. The smallest absolute Gasteiger partial charge is 0.265 e. The molecular weight excluding hydrogens is 340 g/mol. The van der Waals surface area contributed by atoms with Crippen LogP contribution < -0.4 is 9.62 Å². The minimum absolute atomic E-state index is 0.0140. The number of aromatic hydroxyl groups is 1. The Hall–Kier alpha value is -2.25. The number of phenolic OH excluding ortho intramolecular Hbond substituents is 1. The fourth-order valence-electron chi connectivity index (χ4n) is 1.99. The van der Waals surface area contributed by atoms with Gasteiger partial charge in [0.1, 0.15) is 10.6 Å². The molecule has 0 bridgehead atoms. The largest absolute Gasteiger partial charge is 0.506 e. The molecule has 0 unspecified atom stereocenters. The van der Waals surface area contributed by atoms with Crippen molar-refractivity contribution in [3.63, 3.8) is 0 Å². The summed E-state index contributed by atoms with van der Waals surface area (Å²) in [6.07, 6.45) is 0. The lowest BCUT2D eigenvalue weighted by atomic mass is 10.2. The number of sulfonamides is 1. The summed E-state index contributed by atoms with van der Waals surface area (Å²) in [5.74, 6) is -0.611. The Bertz CT molecular complexity index is 852. The lowest BCUT2D eigenvalue weighted by Gasteiger charge is -2.21. The molecule has 2 aromatic carbocycles. The molecule has 2 N–H and O–H groups in total. The molecule has 0 saturated carbocycles. The molecule has 8 heteroatoms. The molecule has 0 aromatic heterocycles. The first-order chi connectivity index (χ1) is 10.8. The van der Waals surface area contributed by atoms with Gasteiger partial charge in [-0.2, -0.15) is 0 Å². The van der Waals surface area contributed by atoms with Gasteiger partial charge in [-0.25, -0.2) is 8.42 Å². The molecule has 0 aliphatic carbocycles. The number of halogens is 1. The van der Waals surface area contributed by atoms with Gasteiger partial charge < -0.3 is 10.4 Å². The van der Waals surface area contributed by atoms with E-state index in [9.17, 15) is 18.3 Å². The molecule has 0 fully saturated rings. The van der Waals surface area contributed by atoms with E-state index in [-0.39, 0.29) is 26.9 Å². The van der Waals surface area contributed by atoms with E-state index in [1.807, 2.05) is 0 Å². The van der Waals surface area contributed by atoms with Crippen molar-refractivity contribution in [3.8, 4) is 5.75 Å². The first kappa shape index (κ1) is 17.1. The SMILES string of the molecule is CNC(=O)c1ccc(Cl)c(S(=O)(=O)N(C)c2ccccc2O)c1. The highest BCUT2D eigenvalue weighted by atomic mass is 35.5. The highest BCUT2D eigenvalue weighted by molar-refractivity contribution is 7.93. The Balaban J connectivity index is 2.56. The van der Waals surface area contributed by atoms with Crippen LogP contribution in [0.15, 0.2) is 47.4 Å². The van der Waals surface area contributed by atoms with E-state index < -0.39 is 15.9 Å². The van der Waals surface area contributed by atoms with Gasteiger partial charge in [-0.15, -0.1) is 0 Å². The second kappa shape index (κ2) is 6.47. The van der Waals surface area contributed by atoms with Crippen molar-refractivity contribution in [1.82, 2.24) is 5.32 Å². The molecule has 6 nitrogen and oxygen atoms in total. The summed E-state index contributed by atoms with van der Waals surface area (Å²) in [5.41, 5.74) is 0.273. The van der Waals surface area contributed by atoms with Crippen LogP contribution in [0.25, 0.3) is 0 Å². The quantitative estimate of drug-likeness (QED) is 0.881. The number of nitrogens with one attached hydrogen (secondary N) is 1. The minimum Gasteiger partial charge on any atom is -0.506 e. The van der Waals surface area contributed by atoms with Crippen LogP contribution in [0.5, 0.6) is 5.75 Å². The minimum atomic E-state index is -4.05. The van der Waals surface area contributed by atoms with Crippen LogP contribution in [0.4, 0.5) is 5.69 Å². The highest BCUT2D eigenvalue weighted by Gasteiger charge is 2.26. The van der Waals surface area contributed by atoms with Gasteiger partial charge in [-0.3, -0.25) is 9.10 Å². The fraction of sp³-hybridized carbons (Fsp3) is 0.133. The third kappa shape index (κ3) is 3.25. The number of para-hydroxylation sites is 2. The molecule has 0 spiro atoms. The number of anilines is 1. The van der Waals surface area contributed by atoms with Crippen molar-refractivity contribution in [1.29, 1.82) is 0 Å². The Kier molecular flexibility index (Phi) is 4.82. The summed E-state index contributed by atoms with van der Waals surface area (Å²) in [6, 6.07) is 10.0. The van der Waals surface area contributed by atoms with Crippen molar-refractivity contribution >= 4 is 33.2 Å². The van der Waals surface area contributed by atoms with E-state index in [0.29, 0.717) is 0 Å². The molecule has 1 amide bonds. The van der Waals surface area contributed by atoms with E-state index in [0.717, 1.165) is 4.31 Å². The summed E-state index contributed by atoms with van der Waals surface area (Å²) in [6.45, 7) is 0. The molecule has 0 atom stereocenters. The maximum absolute atomic E-state index is 12.8. The van der Waals surface area contributed by atoms with Crippen LogP contribution in [-0.4, -0.2) is 33.5 Å². The van der Waals surface area contributed by atoms with E-state index in [4.69, 9.17) is 11.6 Å². The van der Waals surface area contributed by atoms with Gasteiger partial charge in [-0.1, -0.05) is 23.7 Å². The fourth-order valence-corrected chi connectivity index (χ4v) is 3.70. The van der Waals surface area contributed by atoms with Gasteiger partial charge in [0.05, 0.1) is 10.7 Å². The predicted molar refractivity (Wildman–Crippen MR) is 88.5 cm³/mol. The van der Waals surface area contributed by atoms with E-state index in [1.165, 1.54) is 44.4 Å². The van der Waals surface area contributed by atoms with Crippen LogP contribution >= 0.6 is 11.6 Å². The number of hydrogen-bond acceptors (Lipinski definition) is 4. The van der Waals surface area contributed by atoms with Crippen molar-refractivity contribution in [2.45, 2.75) is 4.90 Å². The maximum Gasteiger partial charge on any atom is 0.265 e. The Labute approximate surface area is 139 Å². The standard InChI is InChI=1S/C15H15ClN2O4S/c1-17-15(20)10-7-8-11(16)14(9-10)23(21,22)18(2)12-5-3-4-6-13(12)19/h3-9,19H,1-2H3,(H,17,20). The lowest BCUT2D eigenvalue weighted by Crippen LogP contribution is -2.27. The van der Waals surface area contributed by atoms with Gasteiger partial charge >= 0.3 is 0 Å². The average molecular weight is 355 g/mol. The number of amides is 1. The van der Waals surface area contributed by atoms with Gasteiger partial charge in [0.15, 0.2) is 0 Å². The van der Waals surface area contributed by atoms with E-state index in [1.54, 1.807) is 12.1 Å². The zero-order valence-electron chi connectivity index (χ0n) is 12.4. The van der Waals surface area contributed by atoms with Crippen molar-refractivity contribution < 1.29 is 18.3 Å². The third-order valence-electron chi connectivity index (χ3n) is 3.28. The van der Waals surface area contributed by atoms with Crippen LogP contribution in [0.2, 0.25) is 5.02 Å². The van der Waals surface area contributed by atoms with Crippen molar-refractivity contribution in [3.05, 3.63) is 53.1 Å². The molecule has 23 heavy (non-hydrogen) atoms. The van der Waals surface area contributed by atoms with Crippen LogP contribution in [0.1, 0.15) is 10.4 Å². The first-order valence-electron chi connectivity index (χ1n) is 6.57. The van der Waals surface area contributed by atoms with Gasteiger partial charge in [0.25, 0.3) is 15.9 Å². The number of hydrogen-bond donors (Lipinski definition) is 2. The second-order valence-electron chi connectivity index (χ2n) is 4.69. The normalized spacial score (nSPS) is 11.1. The van der Waals surface area contributed by atoms with Gasteiger partial charge in [0, 0.05) is 19.7 Å². The van der Waals surface area contributed by atoms with Gasteiger partial charge in [0.2, 0.25) is 0 Å². The Morgan fingerprint density at radius 3 is 2.48 bits per heavy atom. The molecule has 2 aromatic rings. The summed E-state index contributed by atoms with van der Waals surface area (Å²) in [5, 5.41) is 12.2. The Morgan fingerprint density at radius 2 is 1.87 bits per heavy atom. The molecule has 0 aliphatic rings. The third-order valence-corrected chi connectivity index (χ3v) is 5.53. The zero-order chi connectivity index (χ0) is 17.2. The first-order valence-corrected chi connectivity index (χ1v) is 8.39. The molecule has 122 valence electrons. The number of carbonyl (C=O) groups excluding carboxylic acids is 1. The number of rotatable bonds is 4. The number of benzene rings is 2. The van der Waals surface area contributed by atoms with Crippen molar-refractivity contribution in [2.75, 3.05) is 18.4 Å². The maximum atomic E-state index is 12.8. The summed E-state index contributed by atoms with van der Waals surface area (Å²) < 4.78 is 26.4. The molecular formula is C15H15ClN2O4S. The second-order valence-corrected chi connectivity index (χ2v) is 7.03. The van der Waals surface area contributed by atoms with Crippen molar-refractivity contribution in [2.24, 2.45) is 0 Å². The molecule has 2 rings (SSSR count). The summed E-state index contributed by atoms with van der Waals surface area (Å²) in [7, 11) is -1.31. The van der Waals surface area contributed by atoms with E-state index in [2.05, 4.69) is 5.32 Å². The number of phenols is 1. The van der Waals surface area contributed by atoms with Crippen LogP contribution in [0, 0.1) is 0 Å². The topological polar surface area (TPSA) is 86.7 Å². The monoisotopic (exact) mass is 354 g/mol. The van der Waals surface area contributed by atoms with Crippen LogP contribution in [-0.2, 0) is 10.0 Å². The Morgan fingerprint density at radius 1 is 1.22 bits per heavy atom. The summed E-state index contributed by atoms with van der Waals surface area (Å²) >= 11 is 6.00. The lowest BCUT2D eigenvalue weighted by molar-refractivity contribution is 0.0963. The number of carbonyl (C=O) groups is 1. The number of nitrogens with zero attached hydrogens (tertiary/aromatic N) is 1. The van der Waals surface area contributed by atoms with Gasteiger partial charge in [-0.05, 0) is 30.3 Å². The average Bonchev–Trinajstić information content (AvgIpc) is 2.54. The highest BCUT2D eigenvalue weighted by Crippen LogP contribution is 2.32. The molecule has 0 saturated heterocycles. The predicted octanol–water partition coefficient (Wildman–Crippen LogP) is 2.23. The van der Waals surface area contributed by atoms with Crippen LogP contribution in [0.3, 0.4) is 0 Å². The summed E-state index contributed by atoms with van der Waals surface area (Å²) in [4.78, 5) is 11.5. The molecule has 0 radical (unpaired) electrons. The van der Waals surface area contributed by atoms with E-state index >= 15 is 0 Å². The molecule has 0 aliphatic heterocycles.